The first-order valence-electron chi connectivity index (χ1n) is 6.56. The van der Waals surface area contributed by atoms with Crippen LogP contribution in [0.3, 0.4) is 0 Å². The highest BCUT2D eigenvalue weighted by atomic mass is 15.1. The first-order valence-corrected chi connectivity index (χ1v) is 6.56. The van der Waals surface area contributed by atoms with Gasteiger partial charge in [-0.1, -0.05) is 6.42 Å². The Balaban J connectivity index is 1.68. The van der Waals surface area contributed by atoms with Crippen molar-refractivity contribution in [1.82, 2.24) is 20.4 Å². The molecule has 1 aliphatic heterocycles. The van der Waals surface area contributed by atoms with Gasteiger partial charge in [0.2, 0.25) is 0 Å². The van der Waals surface area contributed by atoms with E-state index in [1.165, 1.54) is 37.9 Å². The lowest BCUT2D eigenvalue weighted by molar-refractivity contribution is 0.209. The highest BCUT2D eigenvalue weighted by molar-refractivity contribution is 5.04. The van der Waals surface area contributed by atoms with Crippen LogP contribution in [0.15, 0.2) is 18.5 Å². The van der Waals surface area contributed by atoms with Crippen LogP contribution >= 0.6 is 0 Å². The Morgan fingerprint density at radius 2 is 2.12 bits per heavy atom. The molecule has 1 saturated heterocycles. The molecule has 1 atom stereocenters. The van der Waals surface area contributed by atoms with Crippen LogP contribution < -0.4 is 5.32 Å². The van der Waals surface area contributed by atoms with Gasteiger partial charge in [-0.3, -0.25) is 0 Å². The molecule has 0 radical (unpaired) electrons. The average Bonchev–Trinajstić information content (AvgIpc) is 2.39. The molecule has 1 aromatic heterocycles. The third-order valence-corrected chi connectivity index (χ3v) is 3.28. The molecule has 0 amide bonds. The molecule has 0 saturated carbocycles. The van der Waals surface area contributed by atoms with Crippen LogP contribution in [0.5, 0.6) is 0 Å². The number of aromatic nitrogens is 2. The van der Waals surface area contributed by atoms with Crippen LogP contribution in [-0.2, 0) is 6.54 Å². The maximum atomic E-state index is 3.88. The van der Waals surface area contributed by atoms with Gasteiger partial charge in [0.1, 0.15) is 0 Å². The lowest BCUT2D eigenvalue weighted by atomic mass is 10.1. The van der Waals surface area contributed by atoms with Crippen molar-refractivity contribution in [3.05, 3.63) is 24.0 Å². The van der Waals surface area contributed by atoms with Gasteiger partial charge in [0.05, 0.1) is 6.20 Å². The van der Waals surface area contributed by atoms with Gasteiger partial charge in [0.25, 0.3) is 0 Å². The Hall–Kier alpha value is -1.00. The number of piperidine rings is 1. The minimum Gasteiger partial charge on any atom is -0.309 e. The largest absolute Gasteiger partial charge is 0.309 e. The topological polar surface area (TPSA) is 41.0 Å². The minimum atomic E-state index is 0.529. The molecule has 1 N–H and O–H groups in total. The zero-order chi connectivity index (χ0) is 11.9. The Morgan fingerprint density at radius 1 is 1.29 bits per heavy atom. The first-order chi connectivity index (χ1) is 8.34. The highest BCUT2D eigenvalue weighted by Gasteiger charge is 2.12. The van der Waals surface area contributed by atoms with E-state index >= 15 is 0 Å². The number of likely N-dealkylation sites (tertiary alicyclic amines) is 1. The number of rotatable bonds is 5. The fraction of sp³-hybridized carbons (Fsp3) is 0.692. The quantitative estimate of drug-likeness (QED) is 0.837. The van der Waals surface area contributed by atoms with Crippen LogP contribution in [0.2, 0.25) is 0 Å². The van der Waals surface area contributed by atoms with Crippen LogP contribution in [0.4, 0.5) is 0 Å². The molecule has 17 heavy (non-hydrogen) atoms. The normalized spacial score (nSPS) is 19.1. The fourth-order valence-corrected chi connectivity index (χ4v) is 2.31. The van der Waals surface area contributed by atoms with E-state index in [4.69, 9.17) is 0 Å². The Morgan fingerprint density at radius 3 is 2.82 bits per heavy atom. The summed E-state index contributed by atoms with van der Waals surface area (Å²) in [6.45, 7) is 6.82. The highest BCUT2D eigenvalue weighted by Crippen LogP contribution is 2.08. The molecule has 0 aromatic carbocycles. The molecule has 94 valence electrons. The first kappa shape index (κ1) is 12.5. The zero-order valence-corrected chi connectivity index (χ0v) is 10.6. The molecule has 0 spiro atoms. The van der Waals surface area contributed by atoms with Gasteiger partial charge in [-0.05, 0) is 44.5 Å². The Bertz CT molecular complexity index is 308. The molecule has 1 unspecified atom stereocenters. The third-order valence-electron chi connectivity index (χ3n) is 3.28. The summed E-state index contributed by atoms with van der Waals surface area (Å²) in [4.78, 5) is 2.56. The second-order valence-corrected chi connectivity index (χ2v) is 4.89. The van der Waals surface area contributed by atoms with Gasteiger partial charge in [-0.25, -0.2) is 0 Å². The van der Waals surface area contributed by atoms with Crippen LogP contribution in [-0.4, -0.2) is 40.8 Å². The molecule has 2 heterocycles. The molecule has 1 aromatic rings. The average molecular weight is 234 g/mol. The second-order valence-electron chi connectivity index (χ2n) is 4.89. The number of nitrogens with one attached hydrogen (secondary N) is 1. The second kappa shape index (κ2) is 6.67. The molecule has 1 aliphatic rings. The summed E-state index contributed by atoms with van der Waals surface area (Å²) >= 11 is 0. The number of hydrogen-bond acceptors (Lipinski definition) is 4. The van der Waals surface area contributed by atoms with Gasteiger partial charge < -0.3 is 10.2 Å². The molecule has 0 aliphatic carbocycles. The van der Waals surface area contributed by atoms with Crippen molar-refractivity contribution in [1.29, 1.82) is 0 Å². The van der Waals surface area contributed by atoms with Crippen molar-refractivity contribution in [2.75, 3.05) is 19.6 Å². The number of hydrogen-bond donors (Lipinski definition) is 1. The lowest BCUT2D eigenvalue weighted by Crippen LogP contribution is -2.41. The van der Waals surface area contributed by atoms with Crippen molar-refractivity contribution < 1.29 is 0 Å². The molecule has 0 bridgehead atoms. The van der Waals surface area contributed by atoms with E-state index in [0.717, 1.165) is 13.1 Å². The van der Waals surface area contributed by atoms with Crippen molar-refractivity contribution in [2.45, 2.75) is 38.8 Å². The van der Waals surface area contributed by atoms with E-state index in [9.17, 15) is 0 Å². The van der Waals surface area contributed by atoms with E-state index in [-0.39, 0.29) is 0 Å². The van der Waals surface area contributed by atoms with Crippen molar-refractivity contribution in [3.63, 3.8) is 0 Å². The summed E-state index contributed by atoms with van der Waals surface area (Å²) in [7, 11) is 0. The Kier molecular flexibility index (Phi) is 4.88. The molecule has 4 heteroatoms. The SMILES string of the molecule is CC(CN1CCCCC1)NCc1ccnnc1. The zero-order valence-electron chi connectivity index (χ0n) is 10.6. The smallest absolute Gasteiger partial charge is 0.0541 e. The summed E-state index contributed by atoms with van der Waals surface area (Å²) in [6.07, 6.45) is 7.69. The summed E-state index contributed by atoms with van der Waals surface area (Å²) in [5.41, 5.74) is 1.20. The molecular formula is C13H22N4. The summed E-state index contributed by atoms with van der Waals surface area (Å²) in [6, 6.07) is 2.54. The van der Waals surface area contributed by atoms with Gasteiger partial charge in [0, 0.05) is 25.3 Å². The summed E-state index contributed by atoms with van der Waals surface area (Å²) in [5.74, 6) is 0. The van der Waals surface area contributed by atoms with E-state index in [2.05, 4.69) is 27.3 Å². The minimum absolute atomic E-state index is 0.529. The van der Waals surface area contributed by atoms with E-state index in [1.54, 1.807) is 6.20 Å². The van der Waals surface area contributed by atoms with Gasteiger partial charge >= 0.3 is 0 Å². The predicted molar refractivity (Wildman–Crippen MR) is 68.6 cm³/mol. The molecule has 1 fully saturated rings. The summed E-state index contributed by atoms with van der Waals surface area (Å²) in [5, 5.41) is 11.2. The van der Waals surface area contributed by atoms with Crippen LogP contribution in [0.25, 0.3) is 0 Å². The van der Waals surface area contributed by atoms with E-state index in [0.29, 0.717) is 6.04 Å². The van der Waals surface area contributed by atoms with Crippen molar-refractivity contribution in [3.8, 4) is 0 Å². The molecule has 2 rings (SSSR count). The van der Waals surface area contributed by atoms with Crippen molar-refractivity contribution in [2.24, 2.45) is 0 Å². The maximum absolute atomic E-state index is 3.88. The van der Waals surface area contributed by atoms with Gasteiger partial charge in [-0.15, -0.1) is 0 Å². The third kappa shape index (κ3) is 4.40. The molecule has 4 nitrogen and oxygen atoms in total. The van der Waals surface area contributed by atoms with Crippen LogP contribution in [0.1, 0.15) is 31.7 Å². The van der Waals surface area contributed by atoms with Crippen molar-refractivity contribution >= 4 is 0 Å². The predicted octanol–water partition coefficient (Wildman–Crippen LogP) is 1.44. The fourth-order valence-electron chi connectivity index (χ4n) is 2.31. The Labute approximate surface area is 103 Å². The monoisotopic (exact) mass is 234 g/mol. The lowest BCUT2D eigenvalue weighted by Gasteiger charge is -2.29. The maximum Gasteiger partial charge on any atom is 0.0541 e. The molecular weight excluding hydrogens is 212 g/mol. The van der Waals surface area contributed by atoms with Crippen LogP contribution in [0, 0.1) is 0 Å². The number of nitrogens with zero attached hydrogens (tertiary/aromatic N) is 3. The van der Waals surface area contributed by atoms with Gasteiger partial charge in [0.15, 0.2) is 0 Å². The van der Waals surface area contributed by atoms with E-state index in [1.807, 2.05) is 12.3 Å². The van der Waals surface area contributed by atoms with E-state index < -0.39 is 0 Å². The van der Waals surface area contributed by atoms with Gasteiger partial charge in [-0.2, -0.15) is 10.2 Å². The summed E-state index contributed by atoms with van der Waals surface area (Å²) < 4.78 is 0. The standard InChI is InChI=1S/C13H22N4/c1-12(11-17-7-3-2-4-8-17)14-9-13-5-6-15-16-10-13/h5-6,10,12,14H,2-4,7-9,11H2,1H3.